The first-order valence-electron chi connectivity index (χ1n) is 10.2. The topological polar surface area (TPSA) is 62.5 Å². The van der Waals surface area contributed by atoms with Crippen LogP contribution < -0.4 is 11.0 Å². The highest BCUT2D eigenvalue weighted by atomic mass is 16.2. The molecule has 1 aromatic heterocycles. The molecular formula is C21H33N5O2. The van der Waals surface area contributed by atoms with E-state index in [-0.39, 0.29) is 17.1 Å². The third kappa shape index (κ3) is 4.83. The molecule has 1 amide bonds. The zero-order valence-electron chi connectivity index (χ0n) is 17.6. The van der Waals surface area contributed by atoms with Gasteiger partial charge in [-0.1, -0.05) is 19.1 Å². The van der Waals surface area contributed by atoms with Gasteiger partial charge in [-0.05, 0) is 39.3 Å². The Bertz CT molecular complexity index is 869. The second-order valence-electron chi connectivity index (χ2n) is 8.68. The summed E-state index contributed by atoms with van der Waals surface area (Å²) in [7, 11) is 0. The number of carbonyl (C=O) groups is 1. The molecule has 0 atom stereocenters. The number of carbonyl (C=O) groups excluding carboxylic acids is 1. The van der Waals surface area contributed by atoms with E-state index >= 15 is 0 Å². The molecule has 3 rings (SSSR count). The average Bonchev–Trinajstić information content (AvgIpc) is 2.88. The molecule has 7 nitrogen and oxygen atoms in total. The maximum Gasteiger partial charge on any atom is 0.330 e. The quantitative estimate of drug-likeness (QED) is 0.820. The number of fused-ring (bicyclic) bond motifs is 1. The minimum atomic E-state index is -0.202. The van der Waals surface area contributed by atoms with Crippen LogP contribution in [0.2, 0.25) is 0 Å². The largest absolute Gasteiger partial charge is 0.350 e. The summed E-state index contributed by atoms with van der Waals surface area (Å²) in [4.78, 5) is 29.5. The average molecular weight is 388 g/mol. The van der Waals surface area contributed by atoms with Gasteiger partial charge in [0, 0.05) is 38.3 Å². The van der Waals surface area contributed by atoms with Gasteiger partial charge in [0.15, 0.2) is 0 Å². The molecule has 0 saturated carbocycles. The van der Waals surface area contributed by atoms with Crippen molar-refractivity contribution in [2.75, 3.05) is 32.7 Å². The number of nitrogens with zero attached hydrogens (tertiary/aromatic N) is 4. The molecule has 1 saturated heterocycles. The second-order valence-corrected chi connectivity index (χ2v) is 8.68. The molecule has 7 heteroatoms. The van der Waals surface area contributed by atoms with Crippen molar-refractivity contribution < 1.29 is 4.79 Å². The molecule has 1 N–H and O–H groups in total. The van der Waals surface area contributed by atoms with Crippen LogP contribution >= 0.6 is 0 Å². The van der Waals surface area contributed by atoms with Gasteiger partial charge in [-0.2, -0.15) is 0 Å². The molecule has 154 valence electrons. The van der Waals surface area contributed by atoms with Crippen LogP contribution in [0.25, 0.3) is 11.0 Å². The molecule has 0 unspecified atom stereocenters. The Morgan fingerprint density at radius 2 is 1.57 bits per heavy atom. The lowest BCUT2D eigenvalue weighted by Crippen LogP contribution is -2.52. The van der Waals surface area contributed by atoms with Gasteiger partial charge < -0.3 is 5.32 Å². The number of piperazine rings is 1. The maximum absolute atomic E-state index is 12.9. The fourth-order valence-electron chi connectivity index (χ4n) is 3.80. The Kier molecular flexibility index (Phi) is 6.25. The minimum absolute atomic E-state index is 0.0648. The van der Waals surface area contributed by atoms with E-state index in [1.807, 2.05) is 54.2 Å². The summed E-state index contributed by atoms with van der Waals surface area (Å²) in [5, 5.41) is 3.02. The summed E-state index contributed by atoms with van der Waals surface area (Å²) >= 11 is 0. The SMILES string of the molecule is CCCn1c(=O)n(CN2CCN(CC(=O)NC(C)(C)C)CC2)c2ccccc21. The highest BCUT2D eigenvalue weighted by Gasteiger charge is 2.22. The first-order chi connectivity index (χ1) is 13.3. The molecule has 2 aromatic rings. The van der Waals surface area contributed by atoms with E-state index in [2.05, 4.69) is 22.0 Å². The van der Waals surface area contributed by atoms with Gasteiger partial charge >= 0.3 is 5.69 Å². The molecule has 0 radical (unpaired) electrons. The minimum Gasteiger partial charge on any atom is -0.350 e. The molecule has 1 aromatic carbocycles. The van der Waals surface area contributed by atoms with Crippen molar-refractivity contribution >= 4 is 16.9 Å². The Hall–Kier alpha value is -2.12. The van der Waals surface area contributed by atoms with E-state index in [0.29, 0.717) is 13.2 Å². The number of hydrogen-bond donors (Lipinski definition) is 1. The van der Waals surface area contributed by atoms with Crippen LogP contribution in [0.15, 0.2) is 29.1 Å². The normalized spacial score (nSPS) is 16.6. The summed E-state index contributed by atoms with van der Waals surface area (Å²) in [5.74, 6) is 0.0693. The van der Waals surface area contributed by atoms with Crippen LogP contribution in [0.3, 0.4) is 0 Å². The number of benzene rings is 1. The number of aryl methyl sites for hydroxylation is 1. The smallest absolute Gasteiger partial charge is 0.330 e. The second kappa shape index (κ2) is 8.49. The van der Waals surface area contributed by atoms with E-state index in [1.54, 1.807) is 0 Å². The van der Waals surface area contributed by atoms with Gasteiger partial charge in [-0.25, -0.2) is 4.79 Å². The van der Waals surface area contributed by atoms with E-state index in [0.717, 1.165) is 50.2 Å². The van der Waals surface area contributed by atoms with Gasteiger partial charge in [0.05, 0.1) is 24.2 Å². The van der Waals surface area contributed by atoms with Gasteiger partial charge in [0.1, 0.15) is 0 Å². The lowest BCUT2D eigenvalue weighted by Gasteiger charge is -2.34. The zero-order chi connectivity index (χ0) is 20.3. The number of imidazole rings is 1. The van der Waals surface area contributed by atoms with Crippen molar-refractivity contribution in [1.82, 2.24) is 24.3 Å². The molecule has 0 aliphatic carbocycles. The molecule has 0 bridgehead atoms. The molecule has 1 fully saturated rings. The van der Waals surface area contributed by atoms with Gasteiger partial charge in [-0.3, -0.25) is 23.7 Å². The van der Waals surface area contributed by atoms with Crippen molar-refractivity contribution in [1.29, 1.82) is 0 Å². The first-order valence-corrected chi connectivity index (χ1v) is 10.2. The molecule has 1 aliphatic rings. The zero-order valence-corrected chi connectivity index (χ0v) is 17.6. The van der Waals surface area contributed by atoms with E-state index in [9.17, 15) is 9.59 Å². The first kappa shape index (κ1) is 20.6. The van der Waals surface area contributed by atoms with Crippen molar-refractivity contribution in [2.45, 2.75) is 52.9 Å². The monoisotopic (exact) mass is 387 g/mol. The summed E-state index contributed by atoms with van der Waals surface area (Å²) in [6.45, 7) is 13.2. The fourth-order valence-corrected chi connectivity index (χ4v) is 3.80. The van der Waals surface area contributed by atoms with Crippen molar-refractivity contribution in [3.63, 3.8) is 0 Å². The molecule has 2 heterocycles. The van der Waals surface area contributed by atoms with Gasteiger partial charge in [0.25, 0.3) is 0 Å². The number of amides is 1. The Balaban J connectivity index is 1.63. The standard InChI is InChI=1S/C21H33N5O2/c1-5-10-25-17-8-6-7-9-18(17)26(20(25)28)16-24-13-11-23(12-14-24)15-19(27)22-21(2,3)4/h6-9H,5,10-16H2,1-4H3,(H,22,27). The molecular weight excluding hydrogens is 354 g/mol. The maximum atomic E-state index is 12.9. The van der Waals surface area contributed by atoms with Crippen LogP contribution in [0, 0.1) is 0 Å². The predicted molar refractivity (Wildman–Crippen MR) is 112 cm³/mol. The Morgan fingerprint density at radius 1 is 1.00 bits per heavy atom. The third-order valence-electron chi connectivity index (χ3n) is 5.06. The Morgan fingerprint density at radius 3 is 2.14 bits per heavy atom. The van der Waals surface area contributed by atoms with Crippen LogP contribution in [0.5, 0.6) is 0 Å². The predicted octanol–water partition coefficient (Wildman–Crippen LogP) is 1.70. The number of hydrogen-bond acceptors (Lipinski definition) is 4. The summed E-state index contributed by atoms with van der Waals surface area (Å²) < 4.78 is 3.76. The van der Waals surface area contributed by atoms with Gasteiger partial charge in [0.2, 0.25) is 5.91 Å². The Labute approximate surface area is 166 Å². The number of aromatic nitrogens is 2. The third-order valence-corrected chi connectivity index (χ3v) is 5.06. The van der Waals surface area contributed by atoms with Crippen LogP contribution in [-0.4, -0.2) is 63.1 Å². The van der Waals surface area contributed by atoms with Gasteiger partial charge in [-0.15, -0.1) is 0 Å². The number of nitrogens with one attached hydrogen (secondary N) is 1. The van der Waals surface area contributed by atoms with E-state index in [1.165, 1.54) is 0 Å². The molecule has 1 aliphatic heterocycles. The highest BCUT2D eigenvalue weighted by molar-refractivity contribution is 5.78. The van der Waals surface area contributed by atoms with Crippen molar-refractivity contribution in [3.05, 3.63) is 34.7 Å². The van der Waals surface area contributed by atoms with Crippen LogP contribution in [-0.2, 0) is 18.0 Å². The van der Waals surface area contributed by atoms with Crippen LogP contribution in [0.4, 0.5) is 0 Å². The van der Waals surface area contributed by atoms with Crippen molar-refractivity contribution in [2.24, 2.45) is 0 Å². The lowest BCUT2D eigenvalue weighted by atomic mass is 10.1. The summed E-state index contributed by atoms with van der Waals surface area (Å²) in [6.07, 6.45) is 0.934. The number of rotatable bonds is 6. The number of para-hydroxylation sites is 2. The lowest BCUT2D eigenvalue weighted by molar-refractivity contribution is -0.124. The summed E-state index contributed by atoms with van der Waals surface area (Å²) in [5.41, 5.74) is 1.86. The fraction of sp³-hybridized carbons (Fsp3) is 0.619. The van der Waals surface area contributed by atoms with E-state index < -0.39 is 0 Å². The van der Waals surface area contributed by atoms with Crippen LogP contribution in [0.1, 0.15) is 34.1 Å². The highest BCUT2D eigenvalue weighted by Crippen LogP contribution is 2.14. The van der Waals surface area contributed by atoms with Crippen molar-refractivity contribution in [3.8, 4) is 0 Å². The van der Waals surface area contributed by atoms with E-state index in [4.69, 9.17) is 0 Å². The molecule has 28 heavy (non-hydrogen) atoms. The summed E-state index contributed by atoms with van der Waals surface area (Å²) in [6, 6.07) is 8.02. The molecule has 0 spiro atoms.